The van der Waals surface area contributed by atoms with E-state index >= 15 is 0 Å². The Morgan fingerprint density at radius 1 is 1.00 bits per heavy atom. The molecule has 0 aromatic carbocycles. The molecule has 4 heavy (non-hydrogen) atoms. The summed E-state index contributed by atoms with van der Waals surface area (Å²) in [4.78, 5) is 0. The summed E-state index contributed by atoms with van der Waals surface area (Å²) in [7, 11) is 0. The molecular formula is FLiMgO. The molecule has 0 atom stereocenters. The van der Waals surface area contributed by atoms with Crippen LogP contribution in [0.15, 0.2) is 0 Å². The Bertz CT molecular complexity index is 8.00. The van der Waals surface area contributed by atoms with Crippen LogP contribution < -0.4 is 23.6 Å². The van der Waals surface area contributed by atoms with Crippen molar-refractivity contribution in [1.29, 1.82) is 0 Å². The maximum atomic E-state index is 0. The second kappa shape index (κ2) is 28.7. The molecule has 0 amide bonds. The molecule has 0 aliphatic heterocycles. The summed E-state index contributed by atoms with van der Waals surface area (Å²) in [5.41, 5.74) is 0. The molecule has 0 spiro atoms. The first-order valence-corrected chi connectivity index (χ1v) is 0. The van der Waals surface area contributed by atoms with Crippen molar-refractivity contribution in [1.82, 2.24) is 0 Å². The summed E-state index contributed by atoms with van der Waals surface area (Å²) in [6, 6.07) is 0. The maximum Gasteiger partial charge on any atom is 2.00 e. The summed E-state index contributed by atoms with van der Waals surface area (Å²) >= 11 is 0. The topological polar surface area (TPSA) is 28.5 Å². The molecule has 0 aliphatic carbocycles. The van der Waals surface area contributed by atoms with Gasteiger partial charge < -0.3 is 10.2 Å². The molecule has 0 saturated heterocycles. The fourth-order valence-electron chi connectivity index (χ4n) is 0. The third-order valence-electron chi connectivity index (χ3n) is 0. The van der Waals surface area contributed by atoms with Crippen LogP contribution in [0.3, 0.4) is 0 Å². The molecule has 0 rings (SSSR count). The van der Waals surface area contributed by atoms with Crippen molar-refractivity contribution in [3.63, 3.8) is 0 Å². The summed E-state index contributed by atoms with van der Waals surface area (Å²) in [5, 5.41) is 0. The van der Waals surface area contributed by atoms with Crippen LogP contribution in [0.2, 0.25) is 0 Å². The zero-order chi connectivity index (χ0) is 0. The van der Waals surface area contributed by atoms with Crippen LogP contribution in [0, 0.1) is 0 Å². The number of hydrogen-bond acceptors (Lipinski definition) is 0. The Hall–Kier alpha value is 1.25. The van der Waals surface area contributed by atoms with Crippen LogP contribution >= 0.6 is 0 Å². The van der Waals surface area contributed by atoms with Gasteiger partial charge in [-0.3, -0.25) is 0 Å². The fourth-order valence-corrected chi connectivity index (χ4v) is 0. The van der Waals surface area contributed by atoms with E-state index in [0.29, 0.717) is 0 Å². The first kappa shape index (κ1) is 60.5. The third kappa shape index (κ3) is 10.5. The van der Waals surface area contributed by atoms with E-state index in [2.05, 4.69) is 0 Å². The molecule has 0 unspecified atom stereocenters. The molecule has 0 aromatic rings. The van der Waals surface area contributed by atoms with Gasteiger partial charge in [-0.05, 0) is 0 Å². The number of rotatable bonds is 0. The zero-order valence-corrected chi connectivity index (χ0v) is 3.91. The third-order valence-corrected chi connectivity index (χ3v) is 0. The number of hydrogen-bond donors (Lipinski definition) is 0. The fraction of sp³-hybridized carbons (Fsp3) is 0. The molecule has 4 heteroatoms. The largest absolute Gasteiger partial charge is 2.00 e. The molecule has 16 valence electrons. The molecule has 0 aromatic heterocycles. The van der Waals surface area contributed by atoms with Crippen LogP contribution in [-0.4, -0.2) is 23.1 Å². The number of halogens is 1. The van der Waals surface area contributed by atoms with Gasteiger partial charge in [0.1, 0.15) is 0 Å². The predicted molar refractivity (Wildman–Crippen MR) is 6.44 cm³/mol. The molecule has 0 bridgehead atoms. The quantitative estimate of drug-likeness (QED) is 0.252. The Morgan fingerprint density at radius 3 is 1.00 bits per heavy atom. The van der Waals surface area contributed by atoms with E-state index in [1.54, 1.807) is 0 Å². The van der Waals surface area contributed by atoms with Crippen molar-refractivity contribution in [3.8, 4) is 0 Å². The summed E-state index contributed by atoms with van der Waals surface area (Å²) in [6.07, 6.45) is 0. The molecule has 0 N–H and O–H groups in total. The van der Waals surface area contributed by atoms with Gasteiger partial charge in [-0.15, -0.1) is 0 Å². The summed E-state index contributed by atoms with van der Waals surface area (Å²) in [5.74, 6) is 0. The molecule has 0 radical (unpaired) electrons. The van der Waals surface area contributed by atoms with Crippen LogP contribution in [0.5, 0.6) is 0 Å². The molecule has 0 heterocycles. The normalized spacial score (nSPS) is 0. The summed E-state index contributed by atoms with van der Waals surface area (Å²) in [6.45, 7) is 0. The monoisotopic (exact) mass is 66.0 g/mol. The van der Waals surface area contributed by atoms with Crippen molar-refractivity contribution in [2.45, 2.75) is 0 Å². The maximum absolute atomic E-state index is 0. The smallest absolute Gasteiger partial charge is 2.00 e. The van der Waals surface area contributed by atoms with E-state index in [1.165, 1.54) is 0 Å². The van der Waals surface area contributed by atoms with E-state index in [4.69, 9.17) is 0 Å². The van der Waals surface area contributed by atoms with Crippen LogP contribution in [0.1, 0.15) is 0 Å². The van der Waals surface area contributed by atoms with E-state index in [-0.39, 0.29) is 52.1 Å². The Kier molecular flexibility index (Phi) is 433. The second-order valence-electron chi connectivity index (χ2n) is 0. The van der Waals surface area contributed by atoms with Gasteiger partial charge in [0.05, 0.1) is 0 Å². The predicted octanol–water partition coefficient (Wildman–Crippen LogP) is -6.49. The average Bonchev–Trinajstić information content (AvgIpc) is 0. The average molecular weight is 66.2 g/mol. The van der Waals surface area contributed by atoms with E-state index in [1.807, 2.05) is 0 Å². The van der Waals surface area contributed by atoms with Crippen molar-refractivity contribution in [2.75, 3.05) is 0 Å². The van der Waals surface area contributed by atoms with Crippen LogP contribution in [0.25, 0.3) is 0 Å². The van der Waals surface area contributed by atoms with Crippen molar-refractivity contribution in [3.05, 3.63) is 0 Å². The van der Waals surface area contributed by atoms with Gasteiger partial charge in [-0.25, -0.2) is 0 Å². The second-order valence-corrected chi connectivity index (χ2v) is 0. The van der Waals surface area contributed by atoms with Gasteiger partial charge in [0.25, 0.3) is 0 Å². The Morgan fingerprint density at radius 2 is 1.00 bits per heavy atom. The van der Waals surface area contributed by atoms with E-state index in [0.717, 1.165) is 0 Å². The minimum Gasteiger partial charge on any atom is -2.00 e. The molecule has 0 saturated carbocycles. The Balaban J connectivity index is 0. The minimum atomic E-state index is 0. The van der Waals surface area contributed by atoms with Crippen LogP contribution in [0.4, 0.5) is 0 Å². The van der Waals surface area contributed by atoms with Gasteiger partial charge in [0, 0.05) is 0 Å². The van der Waals surface area contributed by atoms with Crippen LogP contribution in [-0.2, 0) is 5.48 Å². The standard InChI is InChI=1S/FH.Li.Mg.O/h1H;;;/q;+1;+2;-2/p-1. The van der Waals surface area contributed by atoms with E-state index < -0.39 is 0 Å². The first-order chi connectivity index (χ1) is 0. The van der Waals surface area contributed by atoms with Crippen molar-refractivity contribution in [2.24, 2.45) is 0 Å². The zero-order valence-electron chi connectivity index (χ0n) is 2.49. The first-order valence-electron chi connectivity index (χ1n) is 0. The van der Waals surface area contributed by atoms with Gasteiger partial charge in [0.15, 0.2) is 0 Å². The molecule has 0 fully saturated rings. The Labute approximate surface area is 52.1 Å². The van der Waals surface area contributed by atoms with Crippen molar-refractivity contribution >= 4 is 23.1 Å². The minimum absolute atomic E-state index is 0. The van der Waals surface area contributed by atoms with Gasteiger partial charge in [0.2, 0.25) is 0 Å². The van der Waals surface area contributed by atoms with E-state index in [9.17, 15) is 0 Å². The molecule has 0 aliphatic rings. The van der Waals surface area contributed by atoms with Gasteiger partial charge in [-0.2, -0.15) is 0 Å². The molecular weight excluding hydrogens is 66.2 g/mol. The van der Waals surface area contributed by atoms with Gasteiger partial charge >= 0.3 is 41.9 Å². The SMILES string of the molecule is [F-].[Li+].[Mg+2].[O-2]. The van der Waals surface area contributed by atoms with Crippen molar-refractivity contribution < 1.29 is 29.0 Å². The molecule has 1 nitrogen and oxygen atoms in total. The summed E-state index contributed by atoms with van der Waals surface area (Å²) < 4.78 is 0. The van der Waals surface area contributed by atoms with Gasteiger partial charge in [-0.1, -0.05) is 0 Å².